The second-order valence-electron chi connectivity index (χ2n) is 6.32. The maximum atomic E-state index is 13.1. The molecule has 27 heavy (non-hydrogen) atoms. The molecular formula is C21H22FN3OS. The number of aromatic nitrogens is 1. The lowest BCUT2D eigenvalue weighted by atomic mass is 10.1. The van der Waals surface area contributed by atoms with Crippen molar-refractivity contribution in [1.29, 1.82) is 0 Å². The van der Waals surface area contributed by atoms with Crippen molar-refractivity contribution >= 4 is 28.1 Å². The summed E-state index contributed by atoms with van der Waals surface area (Å²) in [5.74, 6) is -0.475. The summed E-state index contributed by atoms with van der Waals surface area (Å²) in [7, 11) is 0. The number of thiazole rings is 1. The van der Waals surface area contributed by atoms with Crippen molar-refractivity contribution in [3.05, 3.63) is 76.0 Å². The van der Waals surface area contributed by atoms with Crippen molar-refractivity contribution in [2.75, 3.05) is 5.32 Å². The Labute approximate surface area is 162 Å². The Morgan fingerprint density at radius 1 is 1.19 bits per heavy atom. The van der Waals surface area contributed by atoms with Crippen LogP contribution in [0.4, 0.5) is 15.2 Å². The van der Waals surface area contributed by atoms with Crippen molar-refractivity contribution < 1.29 is 9.18 Å². The van der Waals surface area contributed by atoms with Crippen molar-refractivity contribution in [3.8, 4) is 0 Å². The number of carbonyl (C=O) groups excluding carboxylic acids is 1. The largest absolute Gasteiger partial charge is 0.345 e. The molecule has 3 aromatic rings. The molecule has 0 aliphatic rings. The molecule has 2 N–H and O–H groups in total. The van der Waals surface area contributed by atoms with Crippen LogP contribution < -0.4 is 10.6 Å². The van der Waals surface area contributed by atoms with E-state index in [4.69, 9.17) is 0 Å². The molecule has 140 valence electrons. The molecule has 0 aliphatic heterocycles. The normalized spacial score (nSPS) is 11.9. The number of hydrogen-bond acceptors (Lipinski definition) is 4. The van der Waals surface area contributed by atoms with Crippen molar-refractivity contribution in [2.24, 2.45) is 0 Å². The Kier molecular flexibility index (Phi) is 5.86. The molecule has 0 saturated carbocycles. The van der Waals surface area contributed by atoms with E-state index < -0.39 is 0 Å². The van der Waals surface area contributed by atoms with Crippen LogP contribution in [0, 0.1) is 12.7 Å². The van der Waals surface area contributed by atoms with Crippen LogP contribution in [0.25, 0.3) is 0 Å². The van der Waals surface area contributed by atoms with E-state index in [9.17, 15) is 9.18 Å². The molecule has 1 amide bonds. The first-order valence-corrected chi connectivity index (χ1v) is 9.68. The number of nitrogens with zero attached hydrogens (tertiary/aromatic N) is 1. The fraction of sp³-hybridized carbons (Fsp3) is 0.238. The van der Waals surface area contributed by atoms with Crippen LogP contribution >= 0.6 is 11.3 Å². The van der Waals surface area contributed by atoms with Gasteiger partial charge in [-0.25, -0.2) is 9.37 Å². The lowest BCUT2D eigenvalue weighted by molar-refractivity contribution is 0.0943. The zero-order valence-corrected chi connectivity index (χ0v) is 16.4. The van der Waals surface area contributed by atoms with E-state index in [0.29, 0.717) is 15.7 Å². The van der Waals surface area contributed by atoms with E-state index >= 15 is 0 Å². The molecule has 0 aliphatic carbocycles. The summed E-state index contributed by atoms with van der Waals surface area (Å²) in [6.07, 6.45) is 0.913. The van der Waals surface area contributed by atoms with Gasteiger partial charge in [-0.05, 0) is 49.6 Å². The molecule has 0 radical (unpaired) electrons. The number of nitrogens with one attached hydrogen (secondary N) is 2. The molecule has 1 atom stereocenters. The van der Waals surface area contributed by atoms with Gasteiger partial charge in [0.2, 0.25) is 0 Å². The van der Waals surface area contributed by atoms with Gasteiger partial charge in [-0.15, -0.1) is 0 Å². The zero-order chi connectivity index (χ0) is 19.4. The lowest BCUT2D eigenvalue weighted by Crippen LogP contribution is -2.26. The first kappa shape index (κ1) is 19.0. The van der Waals surface area contributed by atoms with Crippen LogP contribution in [-0.4, -0.2) is 10.9 Å². The molecular weight excluding hydrogens is 361 g/mol. The molecule has 3 rings (SSSR count). The van der Waals surface area contributed by atoms with Gasteiger partial charge in [0.25, 0.3) is 5.91 Å². The summed E-state index contributed by atoms with van der Waals surface area (Å²) >= 11 is 1.33. The lowest BCUT2D eigenvalue weighted by Gasteiger charge is -2.13. The van der Waals surface area contributed by atoms with Gasteiger partial charge in [0.15, 0.2) is 5.13 Å². The molecule has 1 aromatic heterocycles. The molecule has 1 heterocycles. The first-order chi connectivity index (χ1) is 13.0. The van der Waals surface area contributed by atoms with Gasteiger partial charge < -0.3 is 10.6 Å². The number of para-hydroxylation sites is 1. The topological polar surface area (TPSA) is 54.0 Å². The van der Waals surface area contributed by atoms with Gasteiger partial charge in [0.1, 0.15) is 10.7 Å². The highest BCUT2D eigenvalue weighted by atomic mass is 32.1. The van der Waals surface area contributed by atoms with Crippen molar-refractivity contribution in [3.63, 3.8) is 0 Å². The van der Waals surface area contributed by atoms with Crippen molar-refractivity contribution in [2.45, 2.75) is 33.2 Å². The molecule has 0 unspecified atom stereocenters. The predicted molar refractivity (Wildman–Crippen MR) is 108 cm³/mol. The number of benzene rings is 2. The van der Waals surface area contributed by atoms with Crippen molar-refractivity contribution in [1.82, 2.24) is 10.3 Å². The third-order valence-electron chi connectivity index (χ3n) is 4.36. The van der Waals surface area contributed by atoms with E-state index in [1.54, 1.807) is 12.1 Å². The second-order valence-corrected chi connectivity index (χ2v) is 7.32. The number of carbonyl (C=O) groups is 1. The Hall–Kier alpha value is -2.73. The highest BCUT2D eigenvalue weighted by Crippen LogP contribution is 2.28. The van der Waals surface area contributed by atoms with Gasteiger partial charge in [0.05, 0.1) is 11.7 Å². The smallest absolute Gasteiger partial charge is 0.263 e. The minimum atomic E-state index is -0.293. The molecule has 0 bridgehead atoms. The monoisotopic (exact) mass is 383 g/mol. The Morgan fingerprint density at radius 3 is 2.59 bits per heavy atom. The van der Waals surface area contributed by atoms with Gasteiger partial charge in [-0.2, -0.15) is 0 Å². The molecule has 0 spiro atoms. The number of amides is 1. The third-order valence-corrected chi connectivity index (χ3v) is 5.43. The number of halogens is 1. The Bertz CT molecular complexity index is 937. The van der Waals surface area contributed by atoms with Gasteiger partial charge in [0, 0.05) is 5.69 Å². The third kappa shape index (κ3) is 4.52. The predicted octanol–water partition coefficient (Wildman–Crippen LogP) is 5.39. The fourth-order valence-electron chi connectivity index (χ4n) is 2.82. The molecule has 6 heteroatoms. The molecule has 2 aromatic carbocycles. The average molecular weight is 383 g/mol. The number of aryl methyl sites for hydroxylation is 2. The highest BCUT2D eigenvalue weighted by Gasteiger charge is 2.18. The first-order valence-electron chi connectivity index (χ1n) is 8.86. The van der Waals surface area contributed by atoms with E-state index in [0.717, 1.165) is 17.7 Å². The SMILES string of the molecule is CCc1ccccc1Nc1nc(C)c(C(=O)N[C@@H](C)c2ccc(F)cc2)s1. The summed E-state index contributed by atoms with van der Waals surface area (Å²) in [5, 5.41) is 6.96. The quantitative estimate of drug-likeness (QED) is 0.600. The number of anilines is 2. The van der Waals surface area contributed by atoms with Crippen LogP contribution in [0.5, 0.6) is 0 Å². The summed E-state index contributed by atoms with van der Waals surface area (Å²) in [4.78, 5) is 17.7. The minimum Gasteiger partial charge on any atom is -0.345 e. The van der Waals surface area contributed by atoms with E-state index in [-0.39, 0.29) is 17.8 Å². The van der Waals surface area contributed by atoms with Crippen LogP contribution in [0.15, 0.2) is 48.5 Å². The summed E-state index contributed by atoms with van der Waals surface area (Å²) in [5.41, 5.74) is 3.73. The van der Waals surface area contributed by atoms with Gasteiger partial charge >= 0.3 is 0 Å². The maximum absolute atomic E-state index is 13.1. The molecule has 0 fully saturated rings. The van der Waals surface area contributed by atoms with E-state index in [2.05, 4.69) is 28.6 Å². The van der Waals surface area contributed by atoms with Gasteiger partial charge in [-0.3, -0.25) is 4.79 Å². The van der Waals surface area contributed by atoms with E-state index in [1.165, 1.54) is 29.0 Å². The summed E-state index contributed by atoms with van der Waals surface area (Å²) in [6.45, 7) is 5.80. The standard InChI is InChI=1S/C21H22FN3OS/c1-4-15-7-5-6-8-18(15)25-21-24-14(3)19(27-21)20(26)23-13(2)16-9-11-17(22)12-10-16/h5-13H,4H2,1-3H3,(H,23,26)(H,24,25)/t13-/m0/s1. The molecule has 4 nitrogen and oxygen atoms in total. The highest BCUT2D eigenvalue weighted by molar-refractivity contribution is 7.17. The summed E-state index contributed by atoms with van der Waals surface area (Å²) < 4.78 is 13.1. The average Bonchev–Trinajstić information content (AvgIpc) is 3.03. The maximum Gasteiger partial charge on any atom is 0.263 e. The molecule has 0 saturated heterocycles. The fourth-order valence-corrected chi connectivity index (χ4v) is 3.71. The Balaban J connectivity index is 1.73. The van der Waals surface area contributed by atoms with E-state index in [1.807, 2.05) is 32.0 Å². The van der Waals surface area contributed by atoms with Crippen LogP contribution in [-0.2, 0) is 6.42 Å². The minimum absolute atomic E-state index is 0.182. The Morgan fingerprint density at radius 2 is 1.89 bits per heavy atom. The number of hydrogen-bond donors (Lipinski definition) is 2. The van der Waals surface area contributed by atoms with Gasteiger partial charge in [-0.1, -0.05) is 48.6 Å². The van der Waals surface area contributed by atoms with Crippen LogP contribution in [0.3, 0.4) is 0 Å². The van der Waals surface area contributed by atoms with Crippen LogP contribution in [0.1, 0.15) is 46.4 Å². The number of rotatable bonds is 6. The zero-order valence-electron chi connectivity index (χ0n) is 15.5. The summed E-state index contributed by atoms with van der Waals surface area (Å²) in [6, 6.07) is 14.0. The van der Waals surface area contributed by atoms with Crippen LogP contribution in [0.2, 0.25) is 0 Å². The second kappa shape index (κ2) is 8.31.